The van der Waals surface area contributed by atoms with E-state index in [1.54, 1.807) is 0 Å². The molecule has 2 saturated carbocycles. The number of pyridine rings is 1. The van der Waals surface area contributed by atoms with Crippen molar-refractivity contribution < 1.29 is 4.79 Å². The van der Waals surface area contributed by atoms with E-state index in [1.807, 2.05) is 4.90 Å². The molecule has 5 heteroatoms. The standard InChI is InChI=1S/C24H32ClN3O/c1-16-12-17(2)22-18(13-16)14-19(23(25)27-22)15-28(21-10-6-7-11-21)24(29)26-20-8-4-3-5-9-20/h12-14,20-21H,3-11,15H2,1-2H3,(H,26,29). The number of aromatic nitrogens is 1. The van der Waals surface area contributed by atoms with Crippen molar-refractivity contribution in [1.29, 1.82) is 0 Å². The van der Waals surface area contributed by atoms with Crippen molar-refractivity contribution >= 4 is 28.5 Å². The molecule has 4 rings (SSSR count). The Hall–Kier alpha value is -1.81. The van der Waals surface area contributed by atoms with Crippen LogP contribution < -0.4 is 5.32 Å². The molecule has 2 fully saturated rings. The van der Waals surface area contributed by atoms with Gasteiger partial charge in [0.25, 0.3) is 0 Å². The first-order chi connectivity index (χ1) is 14.0. The molecule has 1 aromatic carbocycles. The number of carbonyl (C=O) groups excluding carboxylic acids is 1. The molecule has 4 nitrogen and oxygen atoms in total. The average Bonchev–Trinajstić information content (AvgIpc) is 3.22. The molecule has 2 aromatic rings. The van der Waals surface area contributed by atoms with Gasteiger partial charge in [-0.15, -0.1) is 0 Å². The summed E-state index contributed by atoms with van der Waals surface area (Å²) >= 11 is 6.59. The second kappa shape index (κ2) is 8.91. The lowest BCUT2D eigenvalue weighted by Gasteiger charge is -2.32. The quantitative estimate of drug-likeness (QED) is 0.598. The van der Waals surface area contributed by atoms with Crippen molar-refractivity contribution in [1.82, 2.24) is 15.2 Å². The summed E-state index contributed by atoms with van der Waals surface area (Å²) in [5.41, 5.74) is 4.24. The zero-order chi connectivity index (χ0) is 20.4. The van der Waals surface area contributed by atoms with E-state index in [9.17, 15) is 4.79 Å². The van der Waals surface area contributed by atoms with E-state index in [0.29, 0.717) is 23.8 Å². The summed E-state index contributed by atoms with van der Waals surface area (Å²) in [6.07, 6.45) is 10.5. The Balaban J connectivity index is 1.59. The molecular weight excluding hydrogens is 382 g/mol. The molecule has 29 heavy (non-hydrogen) atoms. The molecule has 0 spiro atoms. The van der Waals surface area contributed by atoms with Crippen molar-refractivity contribution in [3.8, 4) is 0 Å². The van der Waals surface area contributed by atoms with Crippen molar-refractivity contribution in [2.24, 2.45) is 0 Å². The second-order valence-electron chi connectivity index (χ2n) is 8.94. The first kappa shape index (κ1) is 20.5. The van der Waals surface area contributed by atoms with Crippen LogP contribution in [0.15, 0.2) is 18.2 Å². The maximum Gasteiger partial charge on any atom is 0.318 e. The van der Waals surface area contributed by atoms with Gasteiger partial charge in [0.2, 0.25) is 0 Å². The number of rotatable bonds is 4. The summed E-state index contributed by atoms with van der Waals surface area (Å²) in [6.45, 7) is 4.70. The number of halogens is 1. The van der Waals surface area contributed by atoms with E-state index in [0.717, 1.165) is 47.7 Å². The van der Waals surface area contributed by atoms with E-state index >= 15 is 0 Å². The van der Waals surface area contributed by atoms with E-state index in [2.05, 4.69) is 42.3 Å². The van der Waals surface area contributed by atoms with Gasteiger partial charge in [-0.05, 0) is 57.2 Å². The van der Waals surface area contributed by atoms with Crippen molar-refractivity contribution in [3.05, 3.63) is 40.0 Å². The molecule has 1 heterocycles. The number of urea groups is 1. The van der Waals surface area contributed by atoms with Crippen LogP contribution in [0.3, 0.4) is 0 Å². The Morgan fingerprint density at radius 2 is 1.76 bits per heavy atom. The highest BCUT2D eigenvalue weighted by atomic mass is 35.5. The molecule has 0 aliphatic heterocycles. The minimum Gasteiger partial charge on any atom is -0.335 e. The zero-order valence-electron chi connectivity index (χ0n) is 17.6. The fourth-order valence-corrected chi connectivity index (χ4v) is 5.25. The van der Waals surface area contributed by atoms with Crippen LogP contribution in [0.25, 0.3) is 10.9 Å². The van der Waals surface area contributed by atoms with Gasteiger partial charge in [0.05, 0.1) is 12.1 Å². The minimum absolute atomic E-state index is 0.0698. The van der Waals surface area contributed by atoms with Gasteiger partial charge in [0.15, 0.2) is 0 Å². The third kappa shape index (κ3) is 4.69. The lowest BCUT2D eigenvalue weighted by atomic mass is 9.96. The van der Waals surface area contributed by atoms with E-state index in [-0.39, 0.29) is 6.03 Å². The number of hydrogen-bond donors (Lipinski definition) is 1. The fourth-order valence-electron chi connectivity index (χ4n) is 5.05. The molecular formula is C24H32ClN3O. The van der Waals surface area contributed by atoms with Gasteiger partial charge < -0.3 is 10.2 Å². The number of benzene rings is 1. The van der Waals surface area contributed by atoms with Gasteiger partial charge in [-0.1, -0.05) is 55.3 Å². The summed E-state index contributed by atoms with van der Waals surface area (Å²) in [4.78, 5) is 19.9. The predicted molar refractivity (Wildman–Crippen MR) is 119 cm³/mol. The molecule has 0 atom stereocenters. The minimum atomic E-state index is 0.0698. The molecule has 2 aliphatic carbocycles. The Labute approximate surface area is 179 Å². The third-order valence-corrected chi connectivity index (χ3v) is 6.91. The Morgan fingerprint density at radius 3 is 2.48 bits per heavy atom. The van der Waals surface area contributed by atoms with Crippen LogP contribution in [-0.2, 0) is 6.54 Å². The van der Waals surface area contributed by atoms with Crippen LogP contribution in [0.2, 0.25) is 5.15 Å². The van der Waals surface area contributed by atoms with Crippen LogP contribution >= 0.6 is 11.6 Å². The van der Waals surface area contributed by atoms with Gasteiger partial charge in [-0.2, -0.15) is 0 Å². The third-order valence-electron chi connectivity index (χ3n) is 6.58. The fraction of sp³-hybridized carbons (Fsp3) is 0.583. The summed E-state index contributed by atoms with van der Waals surface area (Å²) in [5.74, 6) is 0. The van der Waals surface area contributed by atoms with E-state index < -0.39 is 0 Å². The van der Waals surface area contributed by atoms with Crippen LogP contribution in [0.4, 0.5) is 4.79 Å². The van der Waals surface area contributed by atoms with Crippen molar-refractivity contribution in [2.45, 2.75) is 90.3 Å². The van der Waals surface area contributed by atoms with Crippen LogP contribution in [0.5, 0.6) is 0 Å². The normalized spacial score (nSPS) is 18.3. The zero-order valence-corrected chi connectivity index (χ0v) is 18.4. The second-order valence-corrected chi connectivity index (χ2v) is 9.30. The van der Waals surface area contributed by atoms with Gasteiger partial charge in [-0.3, -0.25) is 0 Å². The van der Waals surface area contributed by atoms with Crippen molar-refractivity contribution in [2.75, 3.05) is 0 Å². The highest BCUT2D eigenvalue weighted by Gasteiger charge is 2.29. The number of fused-ring (bicyclic) bond motifs is 1. The summed E-state index contributed by atoms with van der Waals surface area (Å²) < 4.78 is 0. The Bertz CT molecular complexity index is 885. The highest BCUT2D eigenvalue weighted by Crippen LogP contribution is 2.29. The molecule has 0 saturated heterocycles. The summed E-state index contributed by atoms with van der Waals surface area (Å²) in [6, 6.07) is 7.09. The predicted octanol–water partition coefficient (Wildman–Crippen LogP) is 6.29. The summed E-state index contributed by atoms with van der Waals surface area (Å²) in [7, 11) is 0. The lowest BCUT2D eigenvalue weighted by molar-refractivity contribution is 0.164. The van der Waals surface area contributed by atoms with Gasteiger partial charge in [-0.25, -0.2) is 9.78 Å². The highest BCUT2D eigenvalue weighted by molar-refractivity contribution is 6.30. The molecule has 2 amide bonds. The molecule has 1 aromatic heterocycles. The Kier molecular flexibility index (Phi) is 6.29. The molecule has 0 bridgehead atoms. The number of amides is 2. The van der Waals surface area contributed by atoms with Crippen molar-refractivity contribution in [3.63, 3.8) is 0 Å². The van der Waals surface area contributed by atoms with Gasteiger partial charge in [0, 0.05) is 23.0 Å². The van der Waals surface area contributed by atoms with Gasteiger partial charge >= 0.3 is 6.03 Å². The molecule has 0 unspecified atom stereocenters. The number of aryl methyl sites for hydroxylation is 2. The smallest absolute Gasteiger partial charge is 0.318 e. The van der Waals surface area contributed by atoms with Crippen LogP contribution in [0.1, 0.15) is 74.5 Å². The maximum absolute atomic E-state index is 13.2. The largest absolute Gasteiger partial charge is 0.335 e. The molecule has 1 N–H and O–H groups in total. The first-order valence-electron chi connectivity index (χ1n) is 11.1. The van der Waals surface area contributed by atoms with Crippen LogP contribution in [-0.4, -0.2) is 28.0 Å². The number of nitrogens with one attached hydrogen (secondary N) is 1. The van der Waals surface area contributed by atoms with E-state index in [4.69, 9.17) is 11.6 Å². The lowest BCUT2D eigenvalue weighted by Crippen LogP contribution is -2.48. The number of carbonyl (C=O) groups is 1. The topological polar surface area (TPSA) is 45.2 Å². The summed E-state index contributed by atoms with van der Waals surface area (Å²) in [5, 5.41) is 4.92. The van der Waals surface area contributed by atoms with E-state index in [1.165, 1.54) is 37.7 Å². The molecule has 2 aliphatic rings. The SMILES string of the molecule is Cc1cc(C)c2nc(Cl)c(CN(C(=O)NC3CCCCC3)C3CCCC3)cc2c1. The average molecular weight is 414 g/mol. The van der Waals surface area contributed by atoms with Crippen LogP contribution in [0, 0.1) is 13.8 Å². The maximum atomic E-state index is 13.2. The first-order valence-corrected chi connectivity index (χ1v) is 11.5. The van der Waals surface area contributed by atoms with Gasteiger partial charge in [0.1, 0.15) is 5.15 Å². The molecule has 156 valence electrons. The number of nitrogens with zero attached hydrogens (tertiary/aromatic N) is 2. The Morgan fingerprint density at radius 1 is 1.07 bits per heavy atom. The number of hydrogen-bond acceptors (Lipinski definition) is 2. The monoisotopic (exact) mass is 413 g/mol. The molecule has 0 radical (unpaired) electrons.